The third-order valence-corrected chi connectivity index (χ3v) is 11.4. The van der Waals surface area contributed by atoms with Crippen molar-refractivity contribution in [3.05, 3.63) is 120 Å². The number of nitrogens with zero attached hydrogens (tertiary/aromatic N) is 1. The molecule has 3 atom stereocenters. The highest BCUT2D eigenvalue weighted by atomic mass is 16.2. The number of carbonyl (C=O) groups excluding carboxylic acids is 6. The van der Waals surface area contributed by atoms with Gasteiger partial charge in [-0.3, -0.25) is 33.8 Å². The van der Waals surface area contributed by atoms with Gasteiger partial charge in [-0.1, -0.05) is 110 Å². The van der Waals surface area contributed by atoms with E-state index in [-0.39, 0.29) is 69.4 Å². The first kappa shape index (κ1) is 47.3. The highest BCUT2D eigenvalue weighted by Crippen LogP contribution is 2.38. The Labute approximate surface area is 368 Å². The lowest BCUT2D eigenvalue weighted by molar-refractivity contribution is -0.138. The first-order valence-corrected chi connectivity index (χ1v) is 21.8. The predicted molar refractivity (Wildman–Crippen MR) is 244 cm³/mol. The maximum Gasteiger partial charge on any atom is 0.246 e. The maximum atomic E-state index is 14.6. The van der Waals surface area contributed by atoms with E-state index < -0.39 is 53.2 Å². The third-order valence-electron chi connectivity index (χ3n) is 11.4. The summed E-state index contributed by atoms with van der Waals surface area (Å²) >= 11 is 0. The molecule has 6 amide bonds. The van der Waals surface area contributed by atoms with Crippen LogP contribution < -0.4 is 43.8 Å². The number of hydrogen-bond donors (Lipinski definition) is 8. The Hall–Kier alpha value is -6.77. The summed E-state index contributed by atoms with van der Waals surface area (Å²) in [5.41, 5.74) is 17.9. The molecule has 5 rings (SSSR count). The summed E-state index contributed by atoms with van der Waals surface area (Å²) in [5.74, 6) is -3.10. The van der Waals surface area contributed by atoms with Crippen LogP contribution in [0.1, 0.15) is 87.3 Å². The SMILES string of the molecule is CCCC(=O)NC1(C(=O)N[C@H](Cc2ccccc2)C(=O)N[C@@H](CCCN=C(N)N)C(=O)N[C@@H](Cc2ccc3ccccc3c2)C(=O)NCCC(N)=O)CCC(c2ccccc2)CC1. The molecule has 0 unspecified atom stereocenters. The van der Waals surface area contributed by atoms with Crippen molar-refractivity contribution in [2.24, 2.45) is 22.2 Å². The summed E-state index contributed by atoms with van der Waals surface area (Å²) in [6.45, 7) is 2.01. The van der Waals surface area contributed by atoms with Crippen LogP contribution in [0.4, 0.5) is 0 Å². The van der Waals surface area contributed by atoms with Gasteiger partial charge in [0, 0.05) is 38.8 Å². The number of fused-ring (bicyclic) bond motifs is 1. The van der Waals surface area contributed by atoms with Crippen LogP contribution in [0.5, 0.6) is 0 Å². The van der Waals surface area contributed by atoms with E-state index in [4.69, 9.17) is 17.2 Å². The molecule has 0 aromatic heterocycles. The van der Waals surface area contributed by atoms with Gasteiger partial charge >= 0.3 is 0 Å². The molecule has 1 saturated carbocycles. The number of aliphatic imine (C=N–C) groups is 1. The minimum atomic E-state index is -1.26. The average molecular weight is 860 g/mol. The van der Waals surface area contributed by atoms with E-state index in [0.717, 1.165) is 21.9 Å². The zero-order valence-corrected chi connectivity index (χ0v) is 35.9. The van der Waals surface area contributed by atoms with Crippen molar-refractivity contribution in [3.63, 3.8) is 0 Å². The summed E-state index contributed by atoms with van der Waals surface area (Å²) in [7, 11) is 0. The van der Waals surface area contributed by atoms with Gasteiger partial charge in [-0.15, -0.1) is 0 Å². The summed E-state index contributed by atoms with van der Waals surface area (Å²) in [6.07, 6.45) is 3.29. The van der Waals surface area contributed by atoms with Gasteiger partial charge in [0.1, 0.15) is 23.7 Å². The molecule has 0 aliphatic heterocycles. The zero-order valence-electron chi connectivity index (χ0n) is 35.9. The number of carbonyl (C=O) groups is 6. The number of hydrogen-bond acceptors (Lipinski definition) is 7. The number of benzene rings is 4. The zero-order chi connectivity index (χ0) is 45.2. The molecule has 0 radical (unpaired) electrons. The van der Waals surface area contributed by atoms with Gasteiger partial charge in [0.15, 0.2) is 5.96 Å². The highest BCUT2D eigenvalue weighted by Gasteiger charge is 2.44. The summed E-state index contributed by atoms with van der Waals surface area (Å²) < 4.78 is 0. The van der Waals surface area contributed by atoms with E-state index in [1.54, 1.807) is 0 Å². The molecule has 15 nitrogen and oxygen atoms in total. The lowest BCUT2D eigenvalue weighted by Crippen LogP contribution is -2.64. The first-order chi connectivity index (χ1) is 30.4. The van der Waals surface area contributed by atoms with Crippen LogP contribution in [0.3, 0.4) is 0 Å². The fraction of sp³-hybridized carbons (Fsp3) is 0.396. The van der Waals surface area contributed by atoms with E-state index in [1.807, 2.05) is 97.9 Å². The van der Waals surface area contributed by atoms with Gasteiger partial charge in [0.05, 0.1) is 0 Å². The Morgan fingerprint density at radius 2 is 1.29 bits per heavy atom. The lowest BCUT2D eigenvalue weighted by Gasteiger charge is -2.40. The monoisotopic (exact) mass is 859 g/mol. The predicted octanol–water partition coefficient (Wildman–Crippen LogP) is 3.14. The molecule has 63 heavy (non-hydrogen) atoms. The summed E-state index contributed by atoms with van der Waals surface area (Å²) in [5, 5.41) is 16.4. The van der Waals surface area contributed by atoms with Crippen molar-refractivity contribution in [2.75, 3.05) is 13.1 Å². The smallest absolute Gasteiger partial charge is 0.246 e. The highest BCUT2D eigenvalue weighted by molar-refractivity contribution is 5.97. The molecule has 0 saturated heterocycles. The molecule has 1 fully saturated rings. The van der Waals surface area contributed by atoms with Gasteiger partial charge in [0.25, 0.3) is 0 Å². The van der Waals surface area contributed by atoms with E-state index in [0.29, 0.717) is 32.1 Å². The second-order valence-electron chi connectivity index (χ2n) is 16.2. The number of amides is 6. The molecule has 15 heteroatoms. The Bertz CT molecular complexity index is 2210. The van der Waals surface area contributed by atoms with Crippen molar-refractivity contribution in [1.29, 1.82) is 0 Å². The van der Waals surface area contributed by atoms with Crippen molar-refractivity contribution >= 4 is 52.2 Å². The minimum absolute atomic E-state index is 0.0366. The van der Waals surface area contributed by atoms with E-state index >= 15 is 0 Å². The minimum Gasteiger partial charge on any atom is -0.370 e. The second kappa shape index (κ2) is 23.4. The van der Waals surface area contributed by atoms with Crippen molar-refractivity contribution in [1.82, 2.24) is 26.6 Å². The average Bonchev–Trinajstić information content (AvgIpc) is 3.27. The van der Waals surface area contributed by atoms with Crippen LogP contribution in [0.25, 0.3) is 10.8 Å². The number of rotatable bonds is 22. The van der Waals surface area contributed by atoms with Crippen LogP contribution in [-0.2, 0) is 41.6 Å². The van der Waals surface area contributed by atoms with Crippen molar-refractivity contribution < 1.29 is 28.8 Å². The molecule has 334 valence electrons. The van der Waals surface area contributed by atoms with Gasteiger partial charge in [-0.2, -0.15) is 0 Å². The molecular weight excluding hydrogens is 799 g/mol. The van der Waals surface area contributed by atoms with Crippen LogP contribution in [-0.4, -0.2) is 78.2 Å². The Kier molecular flexibility index (Phi) is 17.6. The number of nitrogens with two attached hydrogens (primary N) is 3. The maximum absolute atomic E-state index is 14.6. The molecular formula is C48H61N9O6. The van der Waals surface area contributed by atoms with Crippen molar-refractivity contribution in [3.8, 4) is 0 Å². The molecule has 4 aromatic rings. The van der Waals surface area contributed by atoms with Gasteiger partial charge in [-0.05, 0) is 78.3 Å². The molecule has 0 bridgehead atoms. The summed E-state index contributed by atoms with van der Waals surface area (Å²) in [6, 6.07) is 29.3. The Balaban J connectivity index is 1.41. The van der Waals surface area contributed by atoms with Gasteiger partial charge < -0.3 is 43.8 Å². The Morgan fingerprint density at radius 3 is 1.95 bits per heavy atom. The van der Waals surface area contributed by atoms with E-state index in [2.05, 4.69) is 43.7 Å². The number of nitrogens with one attached hydrogen (secondary N) is 5. The van der Waals surface area contributed by atoms with Crippen LogP contribution in [0.2, 0.25) is 0 Å². The van der Waals surface area contributed by atoms with Crippen LogP contribution in [0.15, 0.2) is 108 Å². The topological polar surface area (TPSA) is 253 Å². The number of guanidine groups is 1. The van der Waals surface area contributed by atoms with Crippen LogP contribution in [0, 0.1) is 0 Å². The first-order valence-electron chi connectivity index (χ1n) is 21.8. The largest absolute Gasteiger partial charge is 0.370 e. The Morgan fingerprint density at radius 1 is 0.683 bits per heavy atom. The van der Waals surface area contributed by atoms with Crippen LogP contribution >= 0.6 is 0 Å². The molecule has 0 heterocycles. The van der Waals surface area contributed by atoms with Gasteiger partial charge in [0.2, 0.25) is 35.4 Å². The molecule has 0 spiro atoms. The molecule has 1 aliphatic carbocycles. The standard InChI is InChI=1S/C48H61N9O6/c1-2-12-42(59)57-48(25-22-36(23-26-48)34-15-7-4-8-16-34)46(63)56-40(30-32-13-5-3-6-14-32)45(62)54-38(19-11-27-53-47(50)51)44(61)55-39(43(60)52-28-24-41(49)58)31-33-20-21-35-17-9-10-18-37(35)29-33/h3-10,13-18,20-21,29,36,38-40H,2,11-12,19,22-28,30-31H2,1H3,(H2,49,58)(H,52,60)(H,54,62)(H,55,61)(H,56,63)(H,57,59)(H4,50,51,53)/t36?,38-,39-,40+,48?/m0/s1. The van der Waals surface area contributed by atoms with Crippen molar-refractivity contribution in [2.45, 2.75) is 107 Å². The van der Waals surface area contributed by atoms with E-state index in [1.165, 1.54) is 5.56 Å². The fourth-order valence-electron chi connectivity index (χ4n) is 8.05. The fourth-order valence-corrected chi connectivity index (χ4v) is 8.05. The molecule has 4 aromatic carbocycles. The molecule has 11 N–H and O–H groups in total. The quantitative estimate of drug-likeness (QED) is 0.0330. The normalized spacial score (nSPS) is 17.3. The van der Waals surface area contributed by atoms with E-state index in [9.17, 15) is 28.8 Å². The third kappa shape index (κ3) is 14.4. The van der Waals surface area contributed by atoms with Gasteiger partial charge in [-0.25, -0.2) is 0 Å². The second-order valence-corrected chi connectivity index (χ2v) is 16.2. The lowest BCUT2D eigenvalue weighted by atomic mass is 9.73. The molecule has 1 aliphatic rings. The summed E-state index contributed by atoms with van der Waals surface area (Å²) in [4.78, 5) is 85.8. The number of primary amides is 1.